The third-order valence-corrected chi connectivity index (χ3v) is 5.47. The Morgan fingerprint density at radius 3 is 2.54 bits per heavy atom. The zero-order valence-corrected chi connectivity index (χ0v) is 18.7. The van der Waals surface area contributed by atoms with Crippen LogP contribution in [0.4, 0.5) is 0 Å². The average Bonchev–Trinajstić information content (AvgIpc) is 3.07. The van der Waals surface area contributed by atoms with Crippen molar-refractivity contribution in [2.75, 3.05) is 33.2 Å². The van der Waals surface area contributed by atoms with Gasteiger partial charge in [0, 0.05) is 36.9 Å². The third kappa shape index (κ3) is 8.49. The van der Waals surface area contributed by atoms with Gasteiger partial charge in [-0.05, 0) is 39.4 Å². The fourth-order valence-corrected chi connectivity index (χ4v) is 3.74. The second-order valence-electron chi connectivity index (χ2n) is 7.84. The van der Waals surface area contributed by atoms with Crippen LogP contribution >= 0.6 is 11.3 Å². The number of hydrogen-bond donors (Lipinski definition) is 2. The Hall–Kier alpha value is -1.14. The Labute approximate surface area is 164 Å². The van der Waals surface area contributed by atoms with E-state index in [2.05, 4.69) is 67.4 Å². The number of thiazole rings is 1. The molecule has 1 aromatic heterocycles. The molecule has 26 heavy (non-hydrogen) atoms. The molecule has 0 saturated carbocycles. The maximum atomic E-state index is 4.75. The Bertz CT molecular complexity index is 529. The fraction of sp³-hybridized carbons (Fsp3) is 0.800. The third-order valence-electron chi connectivity index (χ3n) is 4.56. The molecule has 1 rings (SSSR count). The standard InChI is InChI=1S/C20H39N5S/c1-8-25(9-2)14-10-11-16(3)23-19(21-7)22-13-12-18-24-17(15-26-18)20(4,5)6/h15-16H,8-14H2,1-7H3,(H2,21,22,23). The zero-order chi connectivity index (χ0) is 19.6. The van der Waals surface area contributed by atoms with Crippen molar-refractivity contribution in [1.82, 2.24) is 20.5 Å². The highest BCUT2D eigenvalue weighted by atomic mass is 32.1. The highest BCUT2D eigenvalue weighted by Gasteiger charge is 2.17. The molecular weight excluding hydrogens is 342 g/mol. The first-order valence-corrected chi connectivity index (χ1v) is 10.8. The van der Waals surface area contributed by atoms with Crippen molar-refractivity contribution in [3.8, 4) is 0 Å². The monoisotopic (exact) mass is 381 g/mol. The molecule has 1 aromatic rings. The minimum atomic E-state index is 0.125. The Balaban J connectivity index is 2.31. The van der Waals surface area contributed by atoms with Crippen molar-refractivity contribution < 1.29 is 0 Å². The molecule has 0 amide bonds. The van der Waals surface area contributed by atoms with Crippen molar-refractivity contribution in [2.45, 2.75) is 72.3 Å². The summed E-state index contributed by atoms with van der Waals surface area (Å²) in [4.78, 5) is 11.6. The minimum Gasteiger partial charge on any atom is -0.356 e. The smallest absolute Gasteiger partial charge is 0.191 e. The van der Waals surface area contributed by atoms with Gasteiger partial charge in [0.1, 0.15) is 0 Å². The summed E-state index contributed by atoms with van der Waals surface area (Å²) in [6, 6.07) is 0.420. The molecule has 1 heterocycles. The van der Waals surface area contributed by atoms with Gasteiger partial charge in [0.15, 0.2) is 5.96 Å². The molecule has 0 fully saturated rings. The normalized spacial score (nSPS) is 13.9. The predicted octanol–water partition coefficient (Wildman–Crippen LogP) is 3.66. The van der Waals surface area contributed by atoms with Crippen LogP contribution in [0.2, 0.25) is 0 Å². The SMILES string of the molecule is CCN(CC)CCCC(C)NC(=NC)NCCc1nc(C(C)(C)C)cs1. The van der Waals surface area contributed by atoms with E-state index < -0.39 is 0 Å². The molecule has 150 valence electrons. The van der Waals surface area contributed by atoms with Crippen LogP contribution in [0.5, 0.6) is 0 Å². The summed E-state index contributed by atoms with van der Waals surface area (Å²) in [7, 11) is 1.83. The van der Waals surface area contributed by atoms with Gasteiger partial charge in [-0.15, -0.1) is 11.3 Å². The van der Waals surface area contributed by atoms with Crippen molar-refractivity contribution >= 4 is 17.3 Å². The second-order valence-corrected chi connectivity index (χ2v) is 8.78. The number of nitrogens with one attached hydrogen (secondary N) is 2. The molecule has 5 nitrogen and oxygen atoms in total. The number of rotatable bonds is 10. The predicted molar refractivity (Wildman–Crippen MR) is 115 cm³/mol. The van der Waals surface area contributed by atoms with Crippen molar-refractivity contribution in [3.05, 3.63) is 16.1 Å². The molecule has 0 radical (unpaired) electrons. The highest BCUT2D eigenvalue weighted by molar-refractivity contribution is 7.09. The summed E-state index contributed by atoms with van der Waals surface area (Å²) < 4.78 is 0. The second kappa shape index (κ2) is 11.5. The molecule has 0 aliphatic rings. The average molecular weight is 382 g/mol. The topological polar surface area (TPSA) is 52.5 Å². The number of guanidine groups is 1. The number of nitrogens with zero attached hydrogens (tertiary/aromatic N) is 3. The molecular formula is C20H39N5S. The fourth-order valence-electron chi connectivity index (χ4n) is 2.72. The number of hydrogen-bond acceptors (Lipinski definition) is 4. The lowest BCUT2D eigenvalue weighted by Crippen LogP contribution is -2.43. The molecule has 1 unspecified atom stereocenters. The van der Waals surface area contributed by atoms with E-state index in [1.165, 1.54) is 23.7 Å². The Kier molecular flexibility index (Phi) is 10.2. The Morgan fingerprint density at radius 2 is 2.00 bits per heavy atom. The van der Waals surface area contributed by atoms with Crippen molar-refractivity contribution in [2.24, 2.45) is 4.99 Å². The molecule has 6 heteroatoms. The molecule has 0 saturated heterocycles. The number of aromatic nitrogens is 1. The van der Waals surface area contributed by atoms with Gasteiger partial charge in [-0.1, -0.05) is 34.6 Å². The first kappa shape index (κ1) is 22.9. The van der Waals surface area contributed by atoms with Gasteiger partial charge < -0.3 is 15.5 Å². The zero-order valence-electron chi connectivity index (χ0n) is 17.9. The van der Waals surface area contributed by atoms with E-state index in [4.69, 9.17) is 4.98 Å². The summed E-state index contributed by atoms with van der Waals surface area (Å²) in [5, 5.41) is 10.3. The lowest BCUT2D eigenvalue weighted by atomic mass is 9.93. The van der Waals surface area contributed by atoms with Crippen LogP contribution in [0.3, 0.4) is 0 Å². The Morgan fingerprint density at radius 1 is 1.31 bits per heavy atom. The van der Waals surface area contributed by atoms with Crippen LogP contribution in [-0.2, 0) is 11.8 Å². The maximum Gasteiger partial charge on any atom is 0.191 e. The maximum absolute atomic E-state index is 4.75. The summed E-state index contributed by atoms with van der Waals surface area (Å²) in [6.45, 7) is 17.6. The molecule has 2 N–H and O–H groups in total. The summed E-state index contributed by atoms with van der Waals surface area (Å²) in [5.41, 5.74) is 1.31. The molecule has 0 aliphatic heterocycles. The van der Waals surface area contributed by atoms with Gasteiger partial charge in [-0.25, -0.2) is 4.98 Å². The van der Waals surface area contributed by atoms with E-state index in [1.807, 2.05) is 7.05 Å². The first-order valence-electron chi connectivity index (χ1n) is 9.94. The first-order chi connectivity index (χ1) is 12.3. The van der Waals surface area contributed by atoms with Gasteiger partial charge in [-0.3, -0.25) is 4.99 Å². The van der Waals surface area contributed by atoms with Gasteiger partial charge in [0.05, 0.1) is 10.7 Å². The van der Waals surface area contributed by atoms with Crippen LogP contribution in [0.25, 0.3) is 0 Å². The largest absolute Gasteiger partial charge is 0.356 e. The molecule has 0 aliphatic carbocycles. The van der Waals surface area contributed by atoms with E-state index in [1.54, 1.807) is 11.3 Å². The lowest BCUT2D eigenvalue weighted by Gasteiger charge is -2.21. The van der Waals surface area contributed by atoms with E-state index in [0.29, 0.717) is 6.04 Å². The van der Waals surface area contributed by atoms with E-state index in [0.717, 1.165) is 38.4 Å². The minimum absolute atomic E-state index is 0.125. The summed E-state index contributed by atoms with van der Waals surface area (Å²) in [6.07, 6.45) is 3.29. The number of aliphatic imine (C=N–C) groups is 1. The molecule has 0 spiro atoms. The van der Waals surface area contributed by atoms with Crippen molar-refractivity contribution in [3.63, 3.8) is 0 Å². The van der Waals surface area contributed by atoms with Crippen molar-refractivity contribution in [1.29, 1.82) is 0 Å². The van der Waals surface area contributed by atoms with Gasteiger partial charge in [0.2, 0.25) is 0 Å². The van der Waals surface area contributed by atoms with Crippen LogP contribution in [0.1, 0.15) is 65.1 Å². The van der Waals surface area contributed by atoms with Crippen LogP contribution in [-0.4, -0.2) is 55.1 Å². The quantitative estimate of drug-likeness (QED) is 0.480. The van der Waals surface area contributed by atoms with E-state index in [-0.39, 0.29) is 5.41 Å². The van der Waals surface area contributed by atoms with E-state index in [9.17, 15) is 0 Å². The van der Waals surface area contributed by atoms with E-state index >= 15 is 0 Å². The van der Waals surface area contributed by atoms with Crippen LogP contribution in [0.15, 0.2) is 10.4 Å². The highest BCUT2D eigenvalue weighted by Crippen LogP contribution is 2.23. The van der Waals surface area contributed by atoms with Gasteiger partial charge in [-0.2, -0.15) is 0 Å². The molecule has 0 aromatic carbocycles. The lowest BCUT2D eigenvalue weighted by molar-refractivity contribution is 0.292. The van der Waals surface area contributed by atoms with Crippen LogP contribution < -0.4 is 10.6 Å². The molecule has 0 bridgehead atoms. The van der Waals surface area contributed by atoms with Gasteiger partial charge >= 0.3 is 0 Å². The molecule has 1 atom stereocenters. The summed E-state index contributed by atoms with van der Waals surface area (Å²) >= 11 is 1.75. The van der Waals surface area contributed by atoms with Gasteiger partial charge in [0.25, 0.3) is 0 Å². The summed E-state index contributed by atoms with van der Waals surface area (Å²) in [5.74, 6) is 0.882. The van der Waals surface area contributed by atoms with Crippen LogP contribution in [0, 0.1) is 0 Å².